The molecule has 4 heterocycles. The molecular formula is C30H32N4O2. The first-order chi connectivity index (χ1) is 17.6. The second kappa shape index (κ2) is 9.43. The number of morpholine rings is 1. The zero-order valence-corrected chi connectivity index (χ0v) is 21.0. The van der Waals surface area contributed by atoms with Crippen molar-refractivity contribution in [1.82, 2.24) is 14.5 Å². The predicted octanol–water partition coefficient (Wildman–Crippen LogP) is 4.74. The monoisotopic (exact) mass is 480 g/mol. The summed E-state index contributed by atoms with van der Waals surface area (Å²) in [6, 6.07) is 21.2. The van der Waals surface area contributed by atoms with Crippen LogP contribution in [-0.2, 0) is 24.2 Å². The number of hydrogen-bond acceptors (Lipinski definition) is 4. The van der Waals surface area contributed by atoms with E-state index in [4.69, 9.17) is 9.72 Å². The van der Waals surface area contributed by atoms with Gasteiger partial charge in [-0.3, -0.25) is 4.79 Å². The summed E-state index contributed by atoms with van der Waals surface area (Å²) in [5.41, 5.74) is 8.05. The number of nitrogens with zero attached hydrogens (tertiary/aromatic N) is 4. The number of anilines is 1. The molecule has 2 aromatic carbocycles. The Kier molecular flexibility index (Phi) is 5.97. The molecular weight excluding hydrogens is 448 g/mol. The van der Waals surface area contributed by atoms with Crippen LogP contribution in [0.1, 0.15) is 38.4 Å². The molecule has 2 aliphatic rings. The van der Waals surface area contributed by atoms with Gasteiger partial charge in [-0.05, 0) is 48.6 Å². The number of carbonyl (C=O) groups excluding carboxylic acids is 1. The van der Waals surface area contributed by atoms with E-state index in [2.05, 4.69) is 77.9 Å². The molecule has 0 N–H and O–H groups in total. The number of pyridine rings is 1. The van der Waals surface area contributed by atoms with Crippen LogP contribution in [-0.4, -0.2) is 53.2 Å². The van der Waals surface area contributed by atoms with Crippen molar-refractivity contribution < 1.29 is 9.53 Å². The van der Waals surface area contributed by atoms with E-state index < -0.39 is 0 Å². The van der Waals surface area contributed by atoms with Crippen LogP contribution in [0.5, 0.6) is 0 Å². The highest BCUT2D eigenvalue weighted by atomic mass is 16.5. The number of rotatable bonds is 4. The largest absolute Gasteiger partial charge is 0.378 e. The summed E-state index contributed by atoms with van der Waals surface area (Å²) in [5, 5.41) is 1.11. The minimum Gasteiger partial charge on any atom is -0.378 e. The Morgan fingerprint density at radius 2 is 1.67 bits per heavy atom. The standard InChI is InChI=1S/C30H32N4O2/c1-21-22(2)34(19-23-8-4-3-5-9-23)28-26(21)18-27(30(35)32-14-16-36-17-15-32)31-29(28)33-13-12-24-10-6-7-11-25(24)20-33/h3-11,18H,12-17,19-20H2,1-2H3. The Balaban J connectivity index is 1.51. The van der Waals surface area contributed by atoms with Gasteiger partial charge in [-0.1, -0.05) is 54.6 Å². The molecule has 184 valence electrons. The Labute approximate surface area is 212 Å². The third kappa shape index (κ3) is 4.05. The Morgan fingerprint density at radius 1 is 0.944 bits per heavy atom. The summed E-state index contributed by atoms with van der Waals surface area (Å²) in [7, 11) is 0. The van der Waals surface area contributed by atoms with Gasteiger partial charge in [0.2, 0.25) is 0 Å². The van der Waals surface area contributed by atoms with Gasteiger partial charge in [0.25, 0.3) is 5.91 Å². The molecule has 4 aromatic rings. The second-order valence-electron chi connectivity index (χ2n) is 9.85. The molecule has 1 fully saturated rings. The third-order valence-electron chi connectivity index (χ3n) is 7.73. The molecule has 2 aliphatic heterocycles. The fraction of sp³-hybridized carbons (Fsp3) is 0.333. The summed E-state index contributed by atoms with van der Waals surface area (Å²) < 4.78 is 7.86. The number of hydrogen-bond donors (Lipinski definition) is 0. The van der Waals surface area contributed by atoms with Crippen LogP contribution >= 0.6 is 0 Å². The van der Waals surface area contributed by atoms with Crippen molar-refractivity contribution in [2.24, 2.45) is 0 Å². The molecule has 0 saturated carbocycles. The van der Waals surface area contributed by atoms with Crippen molar-refractivity contribution in [3.63, 3.8) is 0 Å². The summed E-state index contributed by atoms with van der Waals surface area (Å²) in [5.74, 6) is 0.900. The molecule has 0 aliphatic carbocycles. The molecule has 6 nitrogen and oxygen atoms in total. The normalized spacial score (nSPS) is 15.8. The van der Waals surface area contributed by atoms with Gasteiger partial charge in [0.1, 0.15) is 5.69 Å². The highest BCUT2D eigenvalue weighted by Gasteiger charge is 2.27. The minimum absolute atomic E-state index is 0.00766. The van der Waals surface area contributed by atoms with E-state index in [1.165, 1.54) is 27.9 Å². The smallest absolute Gasteiger partial charge is 0.272 e. The molecule has 0 atom stereocenters. The van der Waals surface area contributed by atoms with Crippen molar-refractivity contribution in [3.8, 4) is 0 Å². The number of carbonyl (C=O) groups is 1. The number of amides is 1. The van der Waals surface area contributed by atoms with Crippen LogP contribution in [0.15, 0.2) is 60.7 Å². The van der Waals surface area contributed by atoms with Crippen molar-refractivity contribution in [2.75, 3.05) is 37.7 Å². The maximum atomic E-state index is 13.6. The van der Waals surface area contributed by atoms with Crippen molar-refractivity contribution in [3.05, 3.63) is 94.3 Å². The lowest BCUT2D eigenvalue weighted by Gasteiger charge is -2.31. The highest BCUT2D eigenvalue weighted by molar-refractivity contribution is 6.01. The number of aromatic nitrogens is 2. The predicted molar refractivity (Wildman–Crippen MR) is 143 cm³/mol. The molecule has 0 unspecified atom stereocenters. The van der Waals surface area contributed by atoms with Crippen LogP contribution in [0.25, 0.3) is 10.9 Å². The van der Waals surface area contributed by atoms with E-state index in [1.807, 2.05) is 11.0 Å². The van der Waals surface area contributed by atoms with E-state index in [0.29, 0.717) is 32.0 Å². The summed E-state index contributed by atoms with van der Waals surface area (Å²) in [6.45, 7) is 9.16. The van der Waals surface area contributed by atoms with Gasteiger partial charge < -0.3 is 19.1 Å². The van der Waals surface area contributed by atoms with Gasteiger partial charge in [0.15, 0.2) is 5.82 Å². The van der Waals surface area contributed by atoms with E-state index in [-0.39, 0.29) is 5.91 Å². The zero-order chi connectivity index (χ0) is 24.6. The van der Waals surface area contributed by atoms with Crippen LogP contribution in [0.4, 0.5) is 5.82 Å². The van der Waals surface area contributed by atoms with E-state index in [0.717, 1.165) is 42.8 Å². The lowest BCUT2D eigenvalue weighted by Crippen LogP contribution is -2.41. The first-order valence-corrected chi connectivity index (χ1v) is 12.8. The molecule has 1 saturated heterocycles. The lowest BCUT2D eigenvalue weighted by molar-refractivity contribution is 0.0299. The number of aryl methyl sites for hydroxylation is 1. The molecule has 36 heavy (non-hydrogen) atoms. The zero-order valence-electron chi connectivity index (χ0n) is 21.0. The topological polar surface area (TPSA) is 50.6 Å². The van der Waals surface area contributed by atoms with Crippen LogP contribution in [0, 0.1) is 13.8 Å². The summed E-state index contributed by atoms with van der Waals surface area (Å²) >= 11 is 0. The average Bonchev–Trinajstić information content (AvgIpc) is 3.17. The quantitative estimate of drug-likeness (QED) is 0.424. The number of ether oxygens (including phenoxy) is 1. The summed E-state index contributed by atoms with van der Waals surface area (Å²) in [4.78, 5) is 22.9. The number of fused-ring (bicyclic) bond motifs is 2. The van der Waals surface area contributed by atoms with Crippen molar-refractivity contribution in [2.45, 2.75) is 33.4 Å². The van der Waals surface area contributed by atoms with Gasteiger partial charge in [-0.2, -0.15) is 0 Å². The fourth-order valence-electron chi connectivity index (χ4n) is 5.54. The van der Waals surface area contributed by atoms with Crippen LogP contribution in [0.2, 0.25) is 0 Å². The average molecular weight is 481 g/mol. The Hall–Kier alpha value is -3.64. The molecule has 0 bridgehead atoms. The Bertz CT molecular complexity index is 1420. The van der Waals surface area contributed by atoms with Gasteiger partial charge in [0, 0.05) is 43.8 Å². The van der Waals surface area contributed by atoms with Gasteiger partial charge >= 0.3 is 0 Å². The van der Waals surface area contributed by atoms with Crippen molar-refractivity contribution in [1.29, 1.82) is 0 Å². The number of benzene rings is 2. The van der Waals surface area contributed by atoms with Gasteiger partial charge in [-0.25, -0.2) is 4.98 Å². The van der Waals surface area contributed by atoms with Crippen LogP contribution < -0.4 is 4.90 Å². The lowest BCUT2D eigenvalue weighted by atomic mass is 10.00. The second-order valence-corrected chi connectivity index (χ2v) is 9.85. The molecule has 6 heteroatoms. The molecule has 2 aromatic heterocycles. The third-order valence-corrected chi connectivity index (χ3v) is 7.73. The fourth-order valence-corrected chi connectivity index (χ4v) is 5.54. The highest BCUT2D eigenvalue weighted by Crippen LogP contribution is 2.35. The molecule has 0 spiro atoms. The maximum absolute atomic E-state index is 13.6. The maximum Gasteiger partial charge on any atom is 0.272 e. The van der Waals surface area contributed by atoms with E-state index in [9.17, 15) is 4.79 Å². The first kappa shape index (κ1) is 22.8. The summed E-state index contributed by atoms with van der Waals surface area (Å²) in [6.07, 6.45) is 0.971. The molecule has 0 radical (unpaired) electrons. The first-order valence-electron chi connectivity index (χ1n) is 12.8. The SMILES string of the molecule is Cc1c(C)n(Cc2ccccc2)c2c(N3CCc4ccccc4C3)nc(C(=O)N3CCOCC3)cc12. The van der Waals surface area contributed by atoms with Crippen molar-refractivity contribution >= 4 is 22.6 Å². The van der Waals surface area contributed by atoms with E-state index in [1.54, 1.807) is 0 Å². The van der Waals surface area contributed by atoms with Gasteiger partial charge in [-0.15, -0.1) is 0 Å². The molecule has 6 rings (SSSR count). The molecule has 1 amide bonds. The van der Waals surface area contributed by atoms with Gasteiger partial charge in [0.05, 0.1) is 18.7 Å². The Morgan fingerprint density at radius 3 is 2.44 bits per heavy atom. The van der Waals surface area contributed by atoms with E-state index >= 15 is 0 Å². The minimum atomic E-state index is -0.00766. The van der Waals surface area contributed by atoms with Crippen LogP contribution in [0.3, 0.4) is 0 Å².